The van der Waals surface area contributed by atoms with E-state index in [4.69, 9.17) is 4.42 Å². The van der Waals surface area contributed by atoms with Gasteiger partial charge in [-0.05, 0) is 48.7 Å². The molecular formula is C18H18N2O2. The molecule has 112 valence electrons. The van der Waals surface area contributed by atoms with Crippen LogP contribution in [-0.2, 0) is 13.0 Å². The second-order valence-corrected chi connectivity index (χ2v) is 5.87. The van der Waals surface area contributed by atoms with Gasteiger partial charge < -0.3 is 9.52 Å². The summed E-state index contributed by atoms with van der Waals surface area (Å²) in [5.74, 6) is 1.11. The third-order valence-electron chi connectivity index (χ3n) is 4.45. The predicted octanol–water partition coefficient (Wildman–Crippen LogP) is 3.65. The number of phenols is 1. The molecule has 1 N–H and O–H groups in total. The summed E-state index contributed by atoms with van der Waals surface area (Å²) in [6, 6.07) is 13.6. The molecule has 1 unspecified atom stereocenters. The Bertz CT molecular complexity index is 792. The molecule has 1 aromatic heterocycles. The van der Waals surface area contributed by atoms with Gasteiger partial charge in [0.05, 0.1) is 6.04 Å². The number of hydrogen-bond acceptors (Lipinski definition) is 4. The molecule has 0 radical (unpaired) electrons. The highest BCUT2D eigenvalue weighted by Gasteiger charge is 2.25. The molecule has 22 heavy (non-hydrogen) atoms. The van der Waals surface area contributed by atoms with Gasteiger partial charge in [-0.2, -0.15) is 0 Å². The molecule has 3 aromatic rings. The standard InChI is InChI=1S/C18H18N2O2/c1-12(18-19-16-4-2-3-5-17(16)22-18)20-9-8-13-10-15(21)7-6-14(13)11-20/h2-7,10,12,21H,8-9,11H2,1H3. The summed E-state index contributed by atoms with van der Waals surface area (Å²) in [5.41, 5.74) is 4.26. The molecule has 0 saturated heterocycles. The molecular weight excluding hydrogens is 276 g/mol. The van der Waals surface area contributed by atoms with E-state index in [1.54, 1.807) is 6.07 Å². The minimum absolute atomic E-state index is 0.134. The number of oxazole rings is 1. The Labute approximate surface area is 129 Å². The number of phenolic OH excluding ortho intramolecular Hbond substituents is 1. The molecule has 1 atom stereocenters. The summed E-state index contributed by atoms with van der Waals surface area (Å²) in [4.78, 5) is 6.97. The number of aromatic nitrogens is 1. The highest BCUT2D eigenvalue weighted by molar-refractivity contribution is 5.72. The summed E-state index contributed by atoms with van der Waals surface area (Å²) in [7, 11) is 0. The molecule has 4 rings (SSSR count). The van der Waals surface area contributed by atoms with Crippen molar-refractivity contribution in [3.63, 3.8) is 0 Å². The van der Waals surface area contributed by atoms with E-state index in [-0.39, 0.29) is 6.04 Å². The van der Waals surface area contributed by atoms with E-state index in [0.29, 0.717) is 5.75 Å². The second kappa shape index (κ2) is 5.14. The Morgan fingerprint density at radius 1 is 1.18 bits per heavy atom. The number of hydrogen-bond donors (Lipinski definition) is 1. The van der Waals surface area contributed by atoms with Crippen molar-refractivity contribution in [3.05, 3.63) is 59.5 Å². The lowest BCUT2D eigenvalue weighted by molar-refractivity contribution is 0.168. The third-order valence-corrected chi connectivity index (χ3v) is 4.45. The fourth-order valence-corrected chi connectivity index (χ4v) is 3.12. The molecule has 1 aliphatic rings. The van der Waals surface area contributed by atoms with Crippen molar-refractivity contribution in [2.75, 3.05) is 6.54 Å². The maximum Gasteiger partial charge on any atom is 0.212 e. The summed E-state index contributed by atoms with van der Waals surface area (Å²) >= 11 is 0. The highest BCUT2D eigenvalue weighted by atomic mass is 16.3. The average Bonchev–Trinajstić information content (AvgIpc) is 2.97. The van der Waals surface area contributed by atoms with E-state index < -0.39 is 0 Å². The summed E-state index contributed by atoms with van der Waals surface area (Å²) < 4.78 is 5.90. The Balaban J connectivity index is 1.60. The van der Waals surface area contributed by atoms with E-state index in [1.165, 1.54) is 11.1 Å². The topological polar surface area (TPSA) is 49.5 Å². The molecule has 0 amide bonds. The second-order valence-electron chi connectivity index (χ2n) is 5.87. The first kappa shape index (κ1) is 13.3. The molecule has 4 nitrogen and oxygen atoms in total. The molecule has 0 saturated carbocycles. The monoisotopic (exact) mass is 294 g/mol. The van der Waals surface area contributed by atoms with Gasteiger partial charge in [0.1, 0.15) is 11.3 Å². The number of benzene rings is 2. The quantitative estimate of drug-likeness (QED) is 0.783. The minimum atomic E-state index is 0.134. The van der Waals surface area contributed by atoms with Crippen LogP contribution in [0.2, 0.25) is 0 Å². The molecule has 2 aromatic carbocycles. The van der Waals surface area contributed by atoms with E-state index >= 15 is 0 Å². The van der Waals surface area contributed by atoms with Gasteiger partial charge in [-0.25, -0.2) is 4.98 Å². The molecule has 4 heteroatoms. The van der Waals surface area contributed by atoms with Gasteiger partial charge in [0.25, 0.3) is 0 Å². The van der Waals surface area contributed by atoms with Crippen LogP contribution >= 0.6 is 0 Å². The van der Waals surface area contributed by atoms with Crippen molar-refractivity contribution in [1.29, 1.82) is 0 Å². The van der Waals surface area contributed by atoms with Gasteiger partial charge in [0, 0.05) is 13.1 Å². The van der Waals surface area contributed by atoms with Crippen molar-refractivity contribution in [1.82, 2.24) is 9.88 Å². The summed E-state index contributed by atoms with van der Waals surface area (Å²) in [6.45, 7) is 3.93. The first-order valence-electron chi connectivity index (χ1n) is 7.61. The Hall–Kier alpha value is -2.33. The number of nitrogens with zero attached hydrogens (tertiary/aromatic N) is 2. The normalized spacial score (nSPS) is 16.6. The summed E-state index contributed by atoms with van der Waals surface area (Å²) in [5, 5.41) is 9.58. The lowest BCUT2D eigenvalue weighted by Gasteiger charge is -2.32. The fourth-order valence-electron chi connectivity index (χ4n) is 3.12. The Morgan fingerprint density at radius 2 is 2.05 bits per heavy atom. The van der Waals surface area contributed by atoms with Gasteiger partial charge >= 0.3 is 0 Å². The zero-order chi connectivity index (χ0) is 15.1. The van der Waals surface area contributed by atoms with Crippen molar-refractivity contribution in [2.24, 2.45) is 0 Å². The van der Waals surface area contributed by atoms with Crippen LogP contribution in [0.1, 0.15) is 30.0 Å². The van der Waals surface area contributed by atoms with Crippen LogP contribution in [-0.4, -0.2) is 21.5 Å². The van der Waals surface area contributed by atoms with Gasteiger partial charge in [0.15, 0.2) is 5.58 Å². The van der Waals surface area contributed by atoms with Gasteiger partial charge in [0.2, 0.25) is 5.89 Å². The molecule has 1 aliphatic heterocycles. The molecule has 0 bridgehead atoms. The molecule has 0 fully saturated rings. The van der Waals surface area contributed by atoms with Gasteiger partial charge in [-0.15, -0.1) is 0 Å². The van der Waals surface area contributed by atoms with Crippen LogP contribution < -0.4 is 0 Å². The van der Waals surface area contributed by atoms with Gasteiger partial charge in [-0.3, -0.25) is 4.90 Å². The molecule has 0 aliphatic carbocycles. The third kappa shape index (κ3) is 2.25. The lowest BCUT2D eigenvalue weighted by atomic mass is 9.98. The van der Waals surface area contributed by atoms with Crippen LogP contribution in [0.3, 0.4) is 0 Å². The molecule has 2 heterocycles. The fraction of sp³-hybridized carbons (Fsp3) is 0.278. The average molecular weight is 294 g/mol. The van der Waals surface area contributed by atoms with Crippen LogP contribution in [0, 0.1) is 0 Å². The predicted molar refractivity (Wildman–Crippen MR) is 84.6 cm³/mol. The SMILES string of the molecule is CC(c1nc2ccccc2o1)N1CCc2cc(O)ccc2C1. The zero-order valence-corrected chi connectivity index (χ0v) is 12.5. The maximum atomic E-state index is 9.58. The Morgan fingerprint density at radius 3 is 2.91 bits per heavy atom. The Kier molecular flexibility index (Phi) is 3.12. The molecule has 0 spiro atoms. The summed E-state index contributed by atoms with van der Waals surface area (Å²) in [6.07, 6.45) is 0.939. The largest absolute Gasteiger partial charge is 0.508 e. The van der Waals surface area contributed by atoms with E-state index in [2.05, 4.69) is 16.8 Å². The van der Waals surface area contributed by atoms with Crippen molar-refractivity contribution in [3.8, 4) is 5.75 Å². The van der Waals surface area contributed by atoms with E-state index in [0.717, 1.165) is 36.5 Å². The first-order valence-corrected chi connectivity index (χ1v) is 7.61. The van der Waals surface area contributed by atoms with E-state index in [9.17, 15) is 5.11 Å². The first-order chi connectivity index (χ1) is 10.7. The lowest BCUT2D eigenvalue weighted by Crippen LogP contribution is -2.33. The number of aromatic hydroxyl groups is 1. The van der Waals surface area contributed by atoms with Crippen LogP contribution in [0.5, 0.6) is 5.75 Å². The van der Waals surface area contributed by atoms with Crippen molar-refractivity contribution >= 4 is 11.1 Å². The van der Waals surface area contributed by atoms with Gasteiger partial charge in [-0.1, -0.05) is 18.2 Å². The number of fused-ring (bicyclic) bond motifs is 2. The minimum Gasteiger partial charge on any atom is -0.508 e. The number of para-hydroxylation sites is 2. The van der Waals surface area contributed by atoms with E-state index in [1.807, 2.05) is 36.4 Å². The van der Waals surface area contributed by atoms with Crippen LogP contribution in [0.4, 0.5) is 0 Å². The van der Waals surface area contributed by atoms with Crippen LogP contribution in [0.15, 0.2) is 46.9 Å². The zero-order valence-electron chi connectivity index (χ0n) is 12.5. The smallest absolute Gasteiger partial charge is 0.212 e. The van der Waals surface area contributed by atoms with Crippen molar-refractivity contribution < 1.29 is 9.52 Å². The highest BCUT2D eigenvalue weighted by Crippen LogP contribution is 2.30. The maximum absolute atomic E-state index is 9.58. The number of rotatable bonds is 2. The van der Waals surface area contributed by atoms with Crippen LogP contribution in [0.25, 0.3) is 11.1 Å². The van der Waals surface area contributed by atoms with Crippen molar-refractivity contribution in [2.45, 2.75) is 25.9 Å².